The lowest BCUT2D eigenvalue weighted by atomic mass is 10.2. The van der Waals surface area contributed by atoms with E-state index in [-0.39, 0.29) is 5.91 Å². The van der Waals surface area contributed by atoms with E-state index in [9.17, 15) is 4.79 Å². The quantitative estimate of drug-likeness (QED) is 0.909. The summed E-state index contributed by atoms with van der Waals surface area (Å²) in [5, 5.41) is 6.04. The van der Waals surface area contributed by atoms with Crippen molar-refractivity contribution >= 4 is 29.0 Å². The Morgan fingerprint density at radius 2 is 2.10 bits per heavy atom. The fraction of sp³-hybridized carbons (Fsp3) is 0.200. The molecular formula is C15H16ClN3O2. The van der Waals surface area contributed by atoms with E-state index in [2.05, 4.69) is 15.6 Å². The van der Waals surface area contributed by atoms with Crippen LogP contribution in [0.4, 0.5) is 11.5 Å². The average Bonchev–Trinajstić information content (AvgIpc) is 2.47. The monoisotopic (exact) mass is 305 g/mol. The topological polar surface area (TPSA) is 63.2 Å². The van der Waals surface area contributed by atoms with Crippen molar-refractivity contribution in [2.75, 3.05) is 24.8 Å². The van der Waals surface area contributed by atoms with Crippen LogP contribution >= 0.6 is 11.6 Å². The molecule has 1 aromatic heterocycles. The van der Waals surface area contributed by atoms with Crippen LogP contribution in [0.5, 0.6) is 5.75 Å². The molecule has 1 amide bonds. The van der Waals surface area contributed by atoms with Crippen LogP contribution in [0.15, 0.2) is 30.5 Å². The van der Waals surface area contributed by atoms with E-state index in [1.165, 1.54) is 6.20 Å². The average molecular weight is 306 g/mol. The van der Waals surface area contributed by atoms with E-state index >= 15 is 0 Å². The third-order valence-electron chi connectivity index (χ3n) is 2.99. The Morgan fingerprint density at radius 3 is 2.67 bits per heavy atom. The molecule has 0 aliphatic carbocycles. The third kappa shape index (κ3) is 3.44. The number of rotatable bonds is 4. The minimum atomic E-state index is -0.267. The van der Waals surface area contributed by atoms with Gasteiger partial charge in [-0.15, -0.1) is 0 Å². The van der Waals surface area contributed by atoms with Crippen molar-refractivity contribution in [2.24, 2.45) is 0 Å². The number of halogens is 1. The minimum Gasteiger partial charge on any atom is -0.496 e. The predicted octanol–water partition coefficient (Wildman–Crippen LogP) is 3.35. The summed E-state index contributed by atoms with van der Waals surface area (Å²) in [6.07, 6.45) is 1.48. The zero-order valence-electron chi connectivity index (χ0n) is 12.0. The van der Waals surface area contributed by atoms with Crippen molar-refractivity contribution in [2.45, 2.75) is 6.92 Å². The molecule has 0 aliphatic heterocycles. The molecule has 1 aromatic carbocycles. The van der Waals surface area contributed by atoms with Crippen molar-refractivity contribution in [3.63, 3.8) is 0 Å². The molecule has 0 saturated carbocycles. The van der Waals surface area contributed by atoms with Crippen molar-refractivity contribution in [3.8, 4) is 5.75 Å². The second-order valence-corrected chi connectivity index (χ2v) is 4.85. The Bertz CT molecular complexity index is 674. The lowest BCUT2D eigenvalue weighted by Crippen LogP contribution is -2.12. The van der Waals surface area contributed by atoms with Gasteiger partial charge in [-0.1, -0.05) is 11.6 Å². The van der Waals surface area contributed by atoms with Gasteiger partial charge in [0.2, 0.25) is 0 Å². The lowest BCUT2D eigenvalue weighted by Gasteiger charge is -2.10. The molecular weight excluding hydrogens is 290 g/mol. The largest absolute Gasteiger partial charge is 0.496 e. The minimum absolute atomic E-state index is 0.267. The molecule has 0 fully saturated rings. The Balaban J connectivity index is 2.18. The van der Waals surface area contributed by atoms with Crippen LogP contribution in [0.25, 0.3) is 0 Å². The van der Waals surface area contributed by atoms with Crippen LogP contribution in [0.1, 0.15) is 15.9 Å². The van der Waals surface area contributed by atoms with Gasteiger partial charge in [0.15, 0.2) is 0 Å². The van der Waals surface area contributed by atoms with Gasteiger partial charge in [-0.05, 0) is 36.8 Å². The number of hydrogen-bond donors (Lipinski definition) is 2. The second-order valence-electron chi connectivity index (χ2n) is 4.44. The van der Waals surface area contributed by atoms with Crippen molar-refractivity contribution in [3.05, 3.63) is 46.6 Å². The highest BCUT2D eigenvalue weighted by molar-refractivity contribution is 6.33. The standard InChI is InChI=1S/C15H16ClN3O2/c1-9-6-11(4-5-13(9)21-3)19-15(20)10-7-12(16)14(17-2)18-8-10/h4-8H,1-3H3,(H,17,18)(H,19,20). The van der Waals surface area contributed by atoms with E-state index in [0.717, 1.165) is 11.3 Å². The van der Waals surface area contributed by atoms with Crippen LogP contribution < -0.4 is 15.4 Å². The molecule has 6 heteroatoms. The summed E-state index contributed by atoms with van der Waals surface area (Å²) >= 11 is 6.02. The molecule has 2 aromatic rings. The Morgan fingerprint density at radius 1 is 1.33 bits per heavy atom. The molecule has 0 bridgehead atoms. The summed E-state index contributed by atoms with van der Waals surface area (Å²) in [6, 6.07) is 7.00. The maximum Gasteiger partial charge on any atom is 0.257 e. The molecule has 21 heavy (non-hydrogen) atoms. The summed E-state index contributed by atoms with van der Waals surface area (Å²) in [6.45, 7) is 1.91. The number of anilines is 2. The smallest absolute Gasteiger partial charge is 0.257 e. The number of carbonyl (C=O) groups excluding carboxylic acids is 1. The number of benzene rings is 1. The summed E-state index contributed by atoms with van der Waals surface area (Å²) in [4.78, 5) is 16.3. The van der Waals surface area contributed by atoms with E-state index in [0.29, 0.717) is 22.1 Å². The number of nitrogens with zero attached hydrogens (tertiary/aromatic N) is 1. The lowest BCUT2D eigenvalue weighted by molar-refractivity contribution is 0.102. The molecule has 0 atom stereocenters. The number of aryl methyl sites for hydroxylation is 1. The maximum absolute atomic E-state index is 12.2. The Kier molecular flexibility index (Phi) is 4.65. The number of methoxy groups -OCH3 is 1. The fourth-order valence-corrected chi connectivity index (χ4v) is 2.17. The van der Waals surface area contributed by atoms with Crippen LogP contribution in [0, 0.1) is 6.92 Å². The summed E-state index contributed by atoms with van der Waals surface area (Å²) in [5.41, 5.74) is 2.02. The molecule has 0 unspecified atom stereocenters. The predicted molar refractivity (Wildman–Crippen MR) is 84.5 cm³/mol. The zero-order valence-corrected chi connectivity index (χ0v) is 12.8. The van der Waals surface area contributed by atoms with Gasteiger partial charge in [0.1, 0.15) is 11.6 Å². The number of nitrogens with one attached hydrogen (secondary N) is 2. The summed E-state index contributed by atoms with van der Waals surface area (Å²) < 4.78 is 5.18. The van der Waals surface area contributed by atoms with Gasteiger partial charge < -0.3 is 15.4 Å². The van der Waals surface area contributed by atoms with Crippen LogP contribution in [-0.2, 0) is 0 Å². The first-order valence-corrected chi connectivity index (χ1v) is 6.72. The van der Waals surface area contributed by atoms with Gasteiger partial charge in [0.25, 0.3) is 5.91 Å². The highest BCUT2D eigenvalue weighted by Crippen LogP contribution is 2.23. The van der Waals surface area contributed by atoms with E-state index < -0.39 is 0 Å². The summed E-state index contributed by atoms with van der Waals surface area (Å²) in [5.74, 6) is 1.04. The third-order valence-corrected chi connectivity index (χ3v) is 3.28. The number of hydrogen-bond acceptors (Lipinski definition) is 4. The number of amides is 1. The number of aromatic nitrogens is 1. The highest BCUT2D eigenvalue weighted by Gasteiger charge is 2.10. The van der Waals surface area contributed by atoms with Crippen molar-refractivity contribution in [1.82, 2.24) is 4.98 Å². The number of pyridine rings is 1. The molecule has 5 nitrogen and oxygen atoms in total. The van der Waals surface area contributed by atoms with Gasteiger partial charge in [-0.2, -0.15) is 0 Å². The van der Waals surface area contributed by atoms with Gasteiger partial charge in [-0.25, -0.2) is 4.98 Å². The van der Waals surface area contributed by atoms with E-state index in [1.807, 2.05) is 13.0 Å². The van der Waals surface area contributed by atoms with Gasteiger partial charge in [0.05, 0.1) is 17.7 Å². The van der Waals surface area contributed by atoms with Gasteiger partial charge in [0, 0.05) is 18.9 Å². The molecule has 1 heterocycles. The van der Waals surface area contributed by atoms with Crippen molar-refractivity contribution < 1.29 is 9.53 Å². The molecule has 0 saturated heterocycles. The van der Waals surface area contributed by atoms with Crippen LogP contribution in [0.2, 0.25) is 5.02 Å². The second kappa shape index (κ2) is 6.45. The van der Waals surface area contributed by atoms with Gasteiger partial charge >= 0.3 is 0 Å². The maximum atomic E-state index is 12.2. The normalized spacial score (nSPS) is 10.1. The molecule has 0 radical (unpaired) electrons. The first-order valence-electron chi connectivity index (χ1n) is 6.34. The van der Waals surface area contributed by atoms with Gasteiger partial charge in [-0.3, -0.25) is 4.79 Å². The Labute approximate surface area is 128 Å². The molecule has 110 valence electrons. The number of carbonyl (C=O) groups is 1. The zero-order chi connectivity index (χ0) is 15.4. The first kappa shape index (κ1) is 15.1. The van der Waals surface area contributed by atoms with Crippen LogP contribution in [0.3, 0.4) is 0 Å². The van der Waals surface area contributed by atoms with E-state index in [1.54, 1.807) is 32.4 Å². The summed E-state index contributed by atoms with van der Waals surface area (Å²) in [7, 11) is 3.33. The van der Waals surface area contributed by atoms with Crippen molar-refractivity contribution in [1.29, 1.82) is 0 Å². The first-order chi connectivity index (χ1) is 10.0. The Hall–Kier alpha value is -2.27. The molecule has 2 N–H and O–H groups in total. The van der Waals surface area contributed by atoms with Crippen LogP contribution in [-0.4, -0.2) is 25.0 Å². The molecule has 0 spiro atoms. The fourth-order valence-electron chi connectivity index (χ4n) is 1.91. The molecule has 2 rings (SSSR count). The highest BCUT2D eigenvalue weighted by atomic mass is 35.5. The number of ether oxygens (including phenoxy) is 1. The molecule has 0 aliphatic rings. The SMILES string of the molecule is CNc1ncc(C(=O)Nc2ccc(OC)c(C)c2)cc1Cl. The van der Waals surface area contributed by atoms with E-state index in [4.69, 9.17) is 16.3 Å².